The van der Waals surface area contributed by atoms with Gasteiger partial charge in [-0.2, -0.15) is 18.4 Å². The van der Waals surface area contributed by atoms with E-state index in [-0.39, 0.29) is 32.7 Å². The Morgan fingerprint density at radius 1 is 1.15 bits per heavy atom. The maximum Gasteiger partial charge on any atom is 0.395 e. The van der Waals surface area contributed by atoms with Crippen LogP contribution in [0.2, 0.25) is 10.0 Å². The van der Waals surface area contributed by atoms with Crippen molar-refractivity contribution in [2.45, 2.75) is 12.7 Å². The number of alkyl halides is 3. The summed E-state index contributed by atoms with van der Waals surface area (Å²) in [5.41, 5.74) is -2.09. The molecule has 1 saturated heterocycles. The molecule has 3 aromatic rings. The van der Waals surface area contributed by atoms with Crippen molar-refractivity contribution < 1.29 is 17.6 Å². The summed E-state index contributed by atoms with van der Waals surface area (Å²) in [6, 6.07) is 6.40. The topological polar surface area (TPSA) is 83.9 Å². The average molecular weight is 514 g/mol. The number of rotatable bonds is 4. The standard InChI is InChI=1S/C21H13Cl2F4N5O2/c22-13-6-14(8-29-7-13)32-19(33)17(11-1-2-16(24)15(23)5-11)18(31(4-3-28)20(32)34)30-9-12(10-30)21(25,26)27/h1-2,5-8,12H,4,9-10H2. The molecule has 7 nitrogen and oxygen atoms in total. The number of benzene rings is 1. The maximum absolute atomic E-state index is 13.8. The van der Waals surface area contributed by atoms with Gasteiger partial charge in [0.05, 0.1) is 39.5 Å². The van der Waals surface area contributed by atoms with Crippen LogP contribution in [0.5, 0.6) is 0 Å². The van der Waals surface area contributed by atoms with E-state index in [1.54, 1.807) is 6.07 Å². The first-order valence-corrected chi connectivity index (χ1v) is 10.4. The number of nitriles is 1. The monoisotopic (exact) mass is 513 g/mol. The molecule has 1 aliphatic heterocycles. The van der Waals surface area contributed by atoms with Crippen molar-refractivity contribution in [1.82, 2.24) is 14.1 Å². The lowest BCUT2D eigenvalue weighted by Crippen LogP contribution is -2.56. The Hall–Kier alpha value is -3.36. The number of anilines is 1. The van der Waals surface area contributed by atoms with Crippen LogP contribution in [0, 0.1) is 23.1 Å². The van der Waals surface area contributed by atoms with Crippen molar-refractivity contribution in [2.24, 2.45) is 5.92 Å². The van der Waals surface area contributed by atoms with Crippen molar-refractivity contribution >= 4 is 29.0 Å². The van der Waals surface area contributed by atoms with E-state index in [1.807, 2.05) is 0 Å². The summed E-state index contributed by atoms with van der Waals surface area (Å²) in [6.07, 6.45) is -2.01. The molecule has 0 saturated carbocycles. The lowest BCUT2D eigenvalue weighted by atomic mass is 9.97. The van der Waals surface area contributed by atoms with Crippen LogP contribution < -0.4 is 16.1 Å². The summed E-state index contributed by atoms with van der Waals surface area (Å²) in [7, 11) is 0. The highest BCUT2D eigenvalue weighted by Crippen LogP contribution is 2.39. The van der Waals surface area contributed by atoms with E-state index in [0.29, 0.717) is 4.57 Å². The van der Waals surface area contributed by atoms with Gasteiger partial charge in [0.25, 0.3) is 5.56 Å². The molecular formula is C21H13Cl2F4N5O2. The van der Waals surface area contributed by atoms with Crippen molar-refractivity contribution in [2.75, 3.05) is 18.0 Å². The second-order valence-electron chi connectivity index (χ2n) is 7.50. The molecule has 4 rings (SSSR count). The van der Waals surface area contributed by atoms with E-state index in [1.165, 1.54) is 29.4 Å². The van der Waals surface area contributed by atoms with Gasteiger partial charge in [0.2, 0.25) is 0 Å². The molecule has 13 heteroatoms. The van der Waals surface area contributed by atoms with E-state index < -0.39 is 48.8 Å². The van der Waals surface area contributed by atoms with Crippen LogP contribution >= 0.6 is 23.2 Å². The molecule has 1 aromatic carbocycles. The van der Waals surface area contributed by atoms with E-state index in [9.17, 15) is 32.4 Å². The van der Waals surface area contributed by atoms with E-state index >= 15 is 0 Å². The van der Waals surface area contributed by atoms with E-state index in [4.69, 9.17) is 23.2 Å². The molecule has 0 aliphatic carbocycles. The van der Waals surface area contributed by atoms with Crippen LogP contribution in [-0.2, 0) is 6.54 Å². The Bertz CT molecular complexity index is 1440. The van der Waals surface area contributed by atoms with Gasteiger partial charge in [0, 0.05) is 19.3 Å². The van der Waals surface area contributed by atoms with Crippen LogP contribution in [0.4, 0.5) is 23.4 Å². The molecule has 0 bridgehead atoms. The average Bonchev–Trinajstić information content (AvgIpc) is 2.71. The van der Waals surface area contributed by atoms with Gasteiger partial charge in [-0.1, -0.05) is 29.3 Å². The fourth-order valence-corrected chi connectivity index (χ4v) is 4.04. The van der Waals surface area contributed by atoms with Gasteiger partial charge in [-0.15, -0.1) is 0 Å². The van der Waals surface area contributed by atoms with Gasteiger partial charge in [0.15, 0.2) is 0 Å². The first kappa shape index (κ1) is 23.8. The number of halogens is 6. The summed E-state index contributed by atoms with van der Waals surface area (Å²) < 4.78 is 54.9. The highest BCUT2D eigenvalue weighted by molar-refractivity contribution is 6.31. The van der Waals surface area contributed by atoms with Crippen LogP contribution in [-0.4, -0.2) is 33.4 Å². The third kappa shape index (κ3) is 4.15. The summed E-state index contributed by atoms with van der Waals surface area (Å²) >= 11 is 11.8. The molecular weight excluding hydrogens is 501 g/mol. The first-order chi connectivity index (χ1) is 16.0. The number of hydrogen-bond donors (Lipinski definition) is 0. The predicted molar refractivity (Wildman–Crippen MR) is 117 cm³/mol. The molecule has 0 atom stereocenters. The van der Waals surface area contributed by atoms with Crippen molar-refractivity contribution in [3.63, 3.8) is 0 Å². The molecule has 1 aliphatic rings. The zero-order valence-electron chi connectivity index (χ0n) is 17.0. The molecule has 0 radical (unpaired) electrons. The molecule has 176 valence electrons. The Labute approximate surface area is 199 Å². The summed E-state index contributed by atoms with van der Waals surface area (Å²) in [5, 5.41) is 9.11. The molecule has 34 heavy (non-hydrogen) atoms. The molecule has 0 amide bonds. The Morgan fingerprint density at radius 3 is 2.44 bits per heavy atom. The van der Waals surface area contributed by atoms with Gasteiger partial charge >= 0.3 is 11.9 Å². The molecule has 0 spiro atoms. The highest BCUT2D eigenvalue weighted by Gasteiger charge is 2.48. The third-order valence-corrected chi connectivity index (χ3v) is 5.84. The molecule has 0 N–H and O–H groups in total. The van der Waals surface area contributed by atoms with Gasteiger partial charge in [0.1, 0.15) is 18.2 Å². The zero-order valence-corrected chi connectivity index (χ0v) is 18.5. The summed E-state index contributed by atoms with van der Waals surface area (Å²) in [4.78, 5) is 32.0. The smallest absolute Gasteiger partial charge is 0.356 e. The first-order valence-electron chi connectivity index (χ1n) is 9.67. The minimum absolute atomic E-state index is 0.0213. The summed E-state index contributed by atoms with van der Waals surface area (Å²) in [5.74, 6) is -2.65. The zero-order chi connectivity index (χ0) is 24.8. The number of pyridine rings is 1. The quantitative estimate of drug-likeness (QED) is 0.492. The van der Waals surface area contributed by atoms with Crippen LogP contribution in [0.25, 0.3) is 16.8 Å². The van der Waals surface area contributed by atoms with Gasteiger partial charge < -0.3 is 4.90 Å². The number of hydrogen-bond acceptors (Lipinski definition) is 5. The van der Waals surface area contributed by atoms with Gasteiger partial charge in [-0.3, -0.25) is 14.3 Å². The molecule has 2 aromatic heterocycles. The maximum atomic E-state index is 13.8. The van der Waals surface area contributed by atoms with Crippen molar-refractivity contribution in [3.8, 4) is 22.9 Å². The third-order valence-electron chi connectivity index (χ3n) is 5.35. The fraction of sp³-hybridized carbons (Fsp3) is 0.238. The van der Waals surface area contributed by atoms with Gasteiger partial charge in [-0.05, 0) is 23.8 Å². The van der Waals surface area contributed by atoms with E-state index in [0.717, 1.165) is 16.7 Å². The van der Waals surface area contributed by atoms with Crippen LogP contribution in [0.1, 0.15) is 0 Å². The SMILES string of the molecule is N#CCn1c(N2CC(C(F)(F)F)C2)c(-c2ccc(F)c(Cl)c2)c(=O)n(-c2cncc(Cl)c2)c1=O. The van der Waals surface area contributed by atoms with Crippen molar-refractivity contribution in [3.05, 3.63) is 73.4 Å². The second-order valence-corrected chi connectivity index (χ2v) is 8.34. The summed E-state index contributed by atoms with van der Waals surface area (Å²) in [6.45, 7) is -1.63. The predicted octanol–water partition coefficient (Wildman–Crippen LogP) is 4.03. The normalized spacial score (nSPS) is 14.1. The second kappa shape index (κ2) is 8.77. The Kier molecular flexibility index (Phi) is 6.14. The minimum atomic E-state index is -4.47. The van der Waals surface area contributed by atoms with Crippen molar-refractivity contribution in [1.29, 1.82) is 5.26 Å². The van der Waals surface area contributed by atoms with Gasteiger partial charge in [-0.25, -0.2) is 13.8 Å². The molecule has 3 heterocycles. The van der Waals surface area contributed by atoms with E-state index in [2.05, 4.69) is 4.98 Å². The largest absolute Gasteiger partial charge is 0.395 e. The lowest BCUT2D eigenvalue weighted by molar-refractivity contribution is -0.180. The number of aromatic nitrogens is 3. The molecule has 0 unspecified atom stereocenters. The Morgan fingerprint density at radius 2 is 1.85 bits per heavy atom. The molecule has 1 fully saturated rings. The fourth-order valence-electron chi connectivity index (χ4n) is 3.70. The Balaban J connectivity index is 2.05. The lowest BCUT2D eigenvalue weighted by Gasteiger charge is -2.43. The van der Waals surface area contributed by atoms with Crippen LogP contribution in [0.3, 0.4) is 0 Å². The number of nitrogens with zero attached hydrogens (tertiary/aromatic N) is 5. The van der Waals surface area contributed by atoms with Crippen LogP contribution in [0.15, 0.2) is 46.2 Å². The highest BCUT2D eigenvalue weighted by atomic mass is 35.5. The minimum Gasteiger partial charge on any atom is -0.356 e.